The number of amides is 1. The Morgan fingerprint density at radius 3 is 2.68 bits per heavy atom. The van der Waals surface area contributed by atoms with E-state index in [0.717, 1.165) is 16.2 Å². The van der Waals surface area contributed by atoms with Crippen LogP contribution in [0.25, 0.3) is 10.2 Å². The van der Waals surface area contributed by atoms with E-state index in [2.05, 4.69) is 10.2 Å². The van der Waals surface area contributed by atoms with Gasteiger partial charge in [-0.25, -0.2) is 0 Å². The van der Waals surface area contributed by atoms with E-state index in [9.17, 15) is 4.79 Å². The van der Waals surface area contributed by atoms with Crippen LogP contribution in [-0.4, -0.2) is 34.1 Å². The molecule has 1 amide bonds. The fraction of sp³-hybridized carbons (Fsp3) is 0.182. The average molecular weight is 272 g/mol. The maximum Gasteiger partial charge on any atom is 0.267 e. The highest BCUT2D eigenvalue weighted by molar-refractivity contribution is 7.21. The Bertz CT molecular complexity index is 694. The van der Waals surface area contributed by atoms with Crippen LogP contribution in [0.4, 0.5) is 5.69 Å². The number of hydrogen-bond donors (Lipinski definition) is 1. The molecule has 0 aliphatic carbocycles. The molecule has 0 saturated carbocycles. The lowest BCUT2D eigenvalue weighted by Gasteiger charge is -2.14. The zero-order valence-electron chi connectivity index (χ0n) is 9.70. The Balaban J connectivity index is 2.44. The number of carbonyl (C=O) groups is 1. The lowest BCUT2D eigenvalue weighted by molar-refractivity contribution is 0.0800. The van der Waals surface area contributed by atoms with Gasteiger partial charge in [0.25, 0.3) is 5.91 Å². The number of nitriles is 2. The highest BCUT2D eigenvalue weighted by Gasteiger charge is 2.22. The second kappa shape index (κ2) is 5.29. The minimum absolute atomic E-state index is 0.161. The van der Waals surface area contributed by atoms with Gasteiger partial charge in [-0.2, -0.15) is 15.6 Å². The van der Waals surface area contributed by atoms with Crippen LogP contribution in [0.1, 0.15) is 9.67 Å². The fourth-order valence-electron chi connectivity index (χ4n) is 1.55. The predicted octanol–water partition coefficient (Wildman–Crippen LogP) is 0.763. The summed E-state index contributed by atoms with van der Waals surface area (Å²) < 4.78 is 0. The van der Waals surface area contributed by atoms with Crippen LogP contribution in [0.3, 0.4) is 0 Å². The SMILES string of the molecule is N#CCN(CC#N)C(=O)c1sc2nnccc2c1N. The van der Waals surface area contributed by atoms with Crippen molar-refractivity contribution in [1.82, 2.24) is 15.1 Å². The molecular weight excluding hydrogens is 264 g/mol. The van der Waals surface area contributed by atoms with Crippen LogP contribution >= 0.6 is 11.3 Å². The highest BCUT2D eigenvalue weighted by Crippen LogP contribution is 2.32. The molecule has 0 unspecified atom stereocenters. The summed E-state index contributed by atoms with van der Waals surface area (Å²) in [5, 5.41) is 25.6. The number of hydrogen-bond acceptors (Lipinski definition) is 7. The Labute approximate surface area is 112 Å². The molecule has 0 aromatic carbocycles. The quantitative estimate of drug-likeness (QED) is 0.824. The maximum absolute atomic E-state index is 12.2. The largest absolute Gasteiger partial charge is 0.397 e. The maximum atomic E-state index is 12.2. The van der Waals surface area contributed by atoms with Crippen molar-refractivity contribution in [2.75, 3.05) is 18.8 Å². The third-order valence-electron chi connectivity index (χ3n) is 2.42. The monoisotopic (exact) mass is 272 g/mol. The van der Waals surface area contributed by atoms with Crippen LogP contribution in [0.15, 0.2) is 12.3 Å². The molecule has 8 heteroatoms. The molecular formula is C11H8N6OS. The molecule has 0 saturated heterocycles. The second-order valence-corrected chi connectivity index (χ2v) is 4.57. The summed E-state index contributed by atoms with van der Waals surface area (Å²) in [5.74, 6) is -0.441. The van der Waals surface area contributed by atoms with Crippen molar-refractivity contribution >= 4 is 33.1 Å². The minimum atomic E-state index is -0.441. The first kappa shape index (κ1) is 12.7. The smallest absolute Gasteiger partial charge is 0.267 e. The summed E-state index contributed by atoms with van der Waals surface area (Å²) >= 11 is 1.10. The van der Waals surface area contributed by atoms with E-state index in [4.69, 9.17) is 16.3 Å². The van der Waals surface area contributed by atoms with Gasteiger partial charge in [-0.15, -0.1) is 16.4 Å². The van der Waals surface area contributed by atoms with Crippen molar-refractivity contribution in [3.8, 4) is 12.1 Å². The number of rotatable bonds is 3. The predicted molar refractivity (Wildman–Crippen MR) is 69.0 cm³/mol. The molecule has 0 bridgehead atoms. The zero-order chi connectivity index (χ0) is 13.8. The van der Waals surface area contributed by atoms with Gasteiger partial charge < -0.3 is 10.6 Å². The highest BCUT2D eigenvalue weighted by atomic mass is 32.1. The topological polar surface area (TPSA) is 120 Å². The van der Waals surface area contributed by atoms with Gasteiger partial charge in [-0.05, 0) is 6.07 Å². The normalized spacial score (nSPS) is 9.79. The van der Waals surface area contributed by atoms with Crippen molar-refractivity contribution in [2.45, 2.75) is 0 Å². The molecule has 2 N–H and O–H groups in total. The van der Waals surface area contributed by atoms with Gasteiger partial charge in [0.05, 0.1) is 24.0 Å². The number of nitrogen functional groups attached to an aromatic ring is 1. The molecule has 2 aromatic heterocycles. The Kier molecular flexibility index (Phi) is 3.55. The molecule has 2 rings (SSSR count). The molecule has 0 atom stereocenters. The molecule has 0 spiro atoms. The number of carbonyl (C=O) groups excluding carboxylic acids is 1. The van der Waals surface area contributed by atoms with Gasteiger partial charge in [0.15, 0.2) is 0 Å². The first-order valence-electron chi connectivity index (χ1n) is 5.22. The first-order chi connectivity index (χ1) is 9.19. The van der Waals surface area contributed by atoms with Crippen LogP contribution in [0.5, 0.6) is 0 Å². The van der Waals surface area contributed by atoms with Crippen molar-refractivity contribution in [1.29, 1.82) is 10.5 Å². The molecule has 0 aliphatic rings. The molecule has 94 valence electrons. The van der Waals surface area contributed by atoms with E-state index >= 15 is 0 Å². The average Bonchev–Trinajstić information content (AvgIpc) is 2.76. The number of nitrogens with two attached hydrogens (primary N) is 1. The standard InChI is InChI=1S/C11H8N6OS/c12-2-5-17(6-3-13)11(18)9-8(14)7-1-4-15-16-10(7)19-9/h1,4H,5-6,14H2. The van der Waals surface area contributed by atoms with Crippen molar-refractivity contribution < 1.29 is 4.79 Å². The Morgan fingerprint density at radius 1 is 1.42 bits per heavy atom. The van der Waals surface area contributed by atoms with Crippen LogP contribution in [0, 0.1) is 22.7 Å². The van der Waals surface area contributed by atoms with Gasteiger partial charge in [0.2, 0.25) is 0 Å². The van der Waals surface area contributed by atoms with E-state index in [1.54, 1.807) is 6.07 Å². The van der Waals surface area contributed by atoms with Gasteiger partial charge in [0, 0.05) is 5.39 Å². The molecule has 2 aromatic rings. The molecule has 0 aliphatic heterocycles. The number of aromatic nitrogens is 2. The van der Waals surface area contributed by atoms with E-state index in [1.165, 1.54) is 6.20 Å². The van der Waals surface area contributed by atoms with Crippen LogP contribution in [-0.2, 0) is 0 Å². The summed E-state index contributed by atoms with van der Waals surface area (Å²) in [4.78, 5) is 14.2. The lowest BCUT2D eigenvalue weighted by Crippen LogP contribution is -2.31. The summed E-state index contributed by atoms with van der Waals surface area (Å²) in [5.41, 5.74) is 6.21. The van der Waals surface area contributed by atoms with Gasteiger partial charge >= 0.3 is 0 Å². The number of thiophene rings is 1. The van der Waals surface area contributed by atoms with Crippen LogP contribution < -0.4 is 5.73 Å². The van der Waals surface area contributed by atoms with Gasteiger partial charge in [-0.3, -0.25) is 4.79 Å². The molecule has 7 nitrogen and oxygen atoms in total. The second-order valence-electron chi connectivity index (χ2n) is 3.57. The Morgan fingerprint density at radius 2 is 2.11 bits per heavy atom. The zero-order valence-corrected chi connectivity index (χ0v) is 10.5. The summed E-state index contributed by atoms with van der Waals surface area (Å²) in [7, 11) is 0. The Hall–Kier alpha value is -2.71. The number of anilines is 1. The van der Waals surface area contributed by atoms with Crippen molar-refractivity contribution in [3.63, 3.8) is 0 Å². The van der Waals surface area contributed by atoms with E-state index in [1.807, 2.05) is 12.1 Å². The fourth-order valence-corrected chi connectivity index (χ4v) is 2.55. The van der Waals surface area contributed by atoms with Gasteiger partial charge in [0.1, 0.15) is 22.8 Å². The van der Waals surface area contributed by atoms with E-state index < -0.39 is 5.91 Å². The molecule has 0 fully saturated rings. The van der Waals surface area contributed by atoms with Crippen LogP contribution in [0.2, 0.25) is 0 Å². The summed E-state index contributed by atoms with van der Waals surface area (Å²) in [6.07, 6.45) is 1.49. The molecule has 0 radical (unpaired) electrons. The van der Waals surface area contributed by atoms with E-state index in [-0.39, 0.29) is 18.0 Å². The minimum Gasteiger partial charge on any atom is -0.397 e. The molecule has 19 heavy (non-hydrogen) atoms. The van der Waals surface area contributed by atoms with Crippen molar-refractivity contribution in [2.24, 2.45) is 0 Å². The van der Waals surface area contributed by atoms with Crippen molar-refractivity contribution in [3.05, 3.63) is 17.1 Å². The first-order valence-corrected chi connectivity index (χ1v) is 6.03. The third kappa shape index (κ3) is 2.30. The molecule has 2 heterocycles. The number of nitrogens with zero attached hydrogens (tertiary/aromatic N) is 5. The number of fused-ring (bicyclic) bond motifs is 1. The van der Waals surface area contributed by atoms with Gasteiger partial charge in [-0.1, -0.05) is 0 Å². The third-order valence-corrected chi connectivity index (χ3v) is 3.52. The summed E-state index contributed by atoms with van der Waals surface area (Å²) in [6, 6.07) is 5.36. The lowest BCUT2D eigenvalue weighted by atomic mass is 10.2. The summed E-state index contributed by atoms with van der Waals surface area (Å²) in [6.45, 7) is -0.322. The van der Waals surface area contributed by atoms with E-state index in [0.29, 0.717) is 15.9 Å².